The number of aliphatic hydroxyl groups excluding tert-OH is 1. The Kier molecular flexibility index (Phi) is 4.19. The highest BCUT2D eigenvalue weighted by Gasteiger charge is 2.24. The smallest absolute Gasteiger partial charge is 0.343 e. The first-order chi connectivity index (χ1) is 9.13. The summed E-state index contributed by atoms with van der Waals surface area (Å²) >= 11 is 5.77. The lowest BCUT2D eigenvalue weighted by atomic mass is 10.0. The fourth-order valence-corrected chi connectivity index (χ4v) is 1.73. The minimum absolute atomic E-state index is 0.115. The van der Waals surface area contributed by atoms with Crippen molar-refractivity contribution in [3.63, 3.8) is 0 Å². The van der Waals surface area contributed by atoms with E-state index in [0.717, 1.165) is 6.26 Å². The minimum atomic E-state index is -1.07. The highest BCUT2D eigenvalue weighted by Crippen LogP contribution is 2.25. The van der Waals surface area contributed by atoms with Gasteiger partial charge in [0.2, 0.25) is 0 Å². The Balaban J connectivity index is 2.29. The Labute approximate surface area is 114 Å². The van der Waals surface area contributed by atoms with Gasteiger partial charge in [0.15, 0.2) is 0 Å². The summed E-state index contributed by atoms with van der Waals surface area (Å²) in [7, 11) is 0. The molecule has 0 unspecified atom stereocenters. The van der Waals surface area contributed by atoms with Crippen LogP contribution in [0, 0.1) is 0 Å². The van der Waals surface area contributed by atoms with Gasteiger partial charge in [-0.25, -0.2) is 4.79 Å². The molecular formula is C13H12ClNO4. The third-order valence-electron chi connectivity index (χ3n) is 2.54. The van der Waals surface area contributed by atoms with E-state index in [4.69, 9.17) is 20.9 Å². The van der Waals surface area contributed by atoms with Crippen LogP contribution in [-0.4, -0.2) is 22.8 Å². The van der Waals surface area contributed by atoms with E-state index in [1.807, 2.05) is 0 Å². The summed E-state index contributed by atoms with van der Waals surface area (Å²) in [5.74, 6) is -0.577. The fraction of sp³-hybridized carbons (Fsp3) is 0.231. The van der Waals surface area contributed by atoms with Gasteiger partial charge < -0.3 is 14.4 Å². The summed E-state index contributed by atoms with van der Waals surface area (Å²) in [6.07, 6.45) is 0.0855. The van der Waals surface area contributed by atoms with Crippen molar-refractivity contribution in [2.45, 2.75) is 13.0 Å². The fourth-order valence-electron chi connectivity index (χ4n) is 1.61. The number of hydrogen-bond donors (Lipinski definition) is 1. The molecule has 2 aromatic rings. The van der Waals surface area contributed by atoms with E-state index in [1.165, 1.54) is 0 Å². The topological polar surface area (TPSA) is 72.6 Å². The molecule has 0 aliphatic heterocycles. The van der Waals surface area contributed by atoms with Crippen LogP contribution in [0.5, 0.6) is 0 Å². The van der Waals surface area contributed by atoms with Gasteiger partial charge in [-0.1, -0.05) is 28.9 Å². The van der Waals surface area contributed by atoms with Gasteiger partial charge in [0.1, 0.15) is 23.6 Å². The van der Waals surface area contributed by atoms with E-state index in [0.29, 0.717) is 10.6 Å². The standard InChI is InChI=1S/C13H12ClNO4/c1-2-18-13(17)10-7-19-15-11(10)12(16)8-3-5-9(14)6-4-8/h3-7,12,16H,2H2,1H3/t12-/m0/s1. The lowest BCUT2D eigenvalue weighted by Gasteiger charge is -2.09. The second-order valence-corrected chi connectivity index (χ2v) is 4.22. The summed E-state index contributed by atoms with van der Waals surface area (Å²) in [6.45, 7) is 1.93. The van der Waals surface area contributed by atoms with Gasteiger partial charge in [0.25, 0.3) is 0 Å². The first-order valence-corrected chi connectivity index (χ1v) is 6.06. The summed E-state index contributed by atoms with van der Waals surface area (Å²) in [6, 6.07) is 6.59. The molecular weight excluding hydrogens is 270 g/mol. The van der Waals surface area contributed by atoms with Crippen molar-refractivity contribution in [1.29, 1.82) is 0 Å². The molecule has 1 aromatic carbocycles. The Morgan fingerprint density at radius 1 is 1.47 bits per heavy atom. The molecule has 0 spiro atoms. The number of carbonyl (C=O) groups is 1. The Hall–Kier alpha value is -1.85. The molecule has 6 heteroatoms. The first-order valence-electron chi connectivity index (χ1n) is 5.68. The number of carbonyl (C=O) groups excluding carboxylic acids is 1. The average molecular weight is 282 g/mol. The second kappa shape index (κ2) is 5.86. The highest BCUT2D eigenvalue weighted by atomic mass is 35.5. The average Bonchev–Trinajstić information content (AvgIpc) is 2.88. The number of aliphatic hydroxyl groups is 1. The minimum Gasteiger partial charge on any atom is -0.462 e. The third kappa shape index (κ3) is 2.94. The molecule has 0 fully saturated rings. The number of ether oxygens (including phenoxy) is 1. The van der Waals surface area contributed by atoms with Crippen LogP contribution >= 0.6 is 11.6 Å². The van der Waals surface area contributed by atoms with Crippen molar-refractivity contribution in [1.82, 2.24) is 5.16 Å². The second-order valence-electron chi connectivity index (χ2n) is 3.79. The zero-order valence-electron chi connectivity index (χ0n) is 10.2. The number of halogens is 1. The largest absolute Gasteiger partial charge is 0.462 e. The maximum Gasteiger partial charge on any atom is 0.343 e. The first kappa shape index (κ1) is 13.6. The van der Waals surface area contributed by atoms with Crippen LogP contribution in [0.1, 0.15) is 34.6 Å². The summed E-state index contributed by atoms with van der Waals surface area (Å²) in [5, 5.41) is 14.4. The molecule has 1 heterocycles. The number of esters is 1. The molecule has 0 saturated heterocycles. The van der Waals surface area contributed by atoms with E-state index < -0.39 is 12.1 Å². The zero-order valence-corrected chi connectivity index (χ0v) is 10.9. The number of benzene rings is 1. The molecule has 1 aromatic heterocycles. The van der Waals surface area contributed by atoms with Crippen molar-refractivity contribution in [3.8, 4) is 0 Å². The Bertz CT molecular complexity index is 564. The Morgan fingerprint density at radius 2 is 2.16 bits per heavy atom. The molecule has 0 aliphatic rings. The maximum absolute atomic E-state index is 11.7. The van der Waals surface area contributed by atoms with Crippen molar-refractivity contribution in [2.24, 2.45) is 0 Å². The van der Waals surface area contributed by atoms with Crippen LogP contribution in [0.25, 0.3) is 0 Å². The SMILES string of the molecule is CCOC(=O)c1conc1[C@@H](O)c1ccc(Cl)cc1. The van der Waals surface area contributed by atoms with E-state index >= 15 is 0 Å². The Morgan fingerprint density at radius 3 is 2.79 bits per heavy atom. The molecule has 0 aliphatic carbocycles. The predicted molar refractivity (Wildman–Crippen MR) is 68.0 cm³/mol. The van der Waals surface area contributed by atoms with Gasteiger partial charge in [0, 0.05) is 5.02 Å². The summed E-state index contributed by atoms with van der Waals surface area (Å²) in [4.78, 5) is 11.7. The van der Waals surface area contributed by atoms with E-state index in [2.05, 4.69) is 5.16 Å². The number of nitrogens with zero attached hydrogens (tertiary/aromatic N) is 1. The highest BCUT2D eigenvalue weighted by molar-refractivity contribution is 6.30. The molecule has 1 N–H and O–H groups in total. The van der Waals surface area contributed by atoms with Crippen molar-refractivity contribution in [2.75, 3.05) is 6.61 Å². The molecule has 1 atom stereocenters. The van der Waals surface area contributed by atoms with Crippen LogP contribution in [0.15, 0.2) is 35.1 Å². The van der Waals surface area contributed by atoms with Gasteiger partial charge in [-0.2, -0.15) is 0 Å². The van der Waals surface area contributed by atoms with Gasteiger partial charge in [-0.3, -0.25) is 0 Å². The van der Waals surface area contributed by atoms with Gasteiger partial charge >= 0.3 is 5.97 Å². The van der Waals surface area contributed by atoms with Crippen molar-refractivity contribution in [3.05, 3.63) is 52.4 Å². The summed E-state index contributed by atoms with van der Waals surface area (Å²) < 4.78 is 9.60. The van der Waals surface area contributed by atoms with Crippen molar-refractivity contribution >= 4 is 17.6 Å². The maximum atomic E-state index is 11.7. The van der Waals surface area contributed by atoms with Crippen LogP contribution in [-0.2, 0) is 4.74 Å². The molecule has 5 nitrogen and oxygen atoms in total. The zero-order chi connectivity index (χ0) is 13.8. The van der Waals surface area contributed by atoms with Gasteiger partial charge in [-0.15, -0.1) is 0 Å². The molecule has 0 amide bonds. The quantitative estimate of drug-likeness (QED) is 0.872. The van der Waals surface area contributed by atoms with E-state index in [-0.39, 0.29) is 17.9 Å². The van der Waals surface area contributed by atoms with Gasteiger partial charge in [-0.05, 0) is 24.6 Å². The normalized spacial score (nSPS) is 12.2. The molecule has 0 radical (unpaired) electrons. The molecule has 0 bridgehead atoms. The lowest BCUT2D eigenvalue weighted by molar-refractivity contribution is 0.0520. The molecule has 100 valence electrons. The predicted octanol–water partition coefficient (Wildman–Crippen LogP) is 2.59. The van der Waals surface area contributed by atoms with Crippen LogP contribution in [0.2, 0.25) is 5.02 Å². The van der Waals surface area contributed by atoms with Crippen LogP contribution in [0.4, 0.5) is 0 Å². The van der Waals surface area contributed by atoms with Crippen LogP contribution < -0.4 is 0 Å². The lowest BCUT2D eigenvalue weighted by Crippen LogP contribution is -2.10. The molecule has 19 heavy (non-hydrogen) atoms. The molecule has 2 rings (SSSR count). The number of rotatable bonds is 4. The molecule has 0 saturated carbocycles. The third-order valence-corrected chi connectivity index (χ3v) is 2.79. The van der Waals surface area contributed by atoms with E-state index in [9.17, 15) is 9.90 Å². The number of aromatic nitrogens is 1. The van der Waals surface area contributed by atoms with Gasteiger partial charge in [0.05, 0.1) is 6.61 Å². The summed E-state index contributed by atoms with van der Waals surface area (Å²) in [5.41, 5.74) is 0.800. The monoisotopic (exact) mass is 281 g/mol. The van der Waals surface area contributed by atoms with E-state index in [1.54, 1.807) is 31.2 Å². The van der Waals surface area contributed by atoms with Crippen molar-refractivity contribution < 1.29 is 19.2 Å². The number of hydrogen-bond acceptors (Lipinski definition) is 5. The van der Waals surface area contributed by atoms with Crippen LogP contribution in [0.3, 0.4) is 0 Å².